The van der Waals surface area contributed by atoms with Gasteiger partial charge in [-0.1, -0.05) is 18.2 Å². The maximum atomic E-state index is 11.3. The molecule has 0 aromatic heterocycles. The van der Waals surface area contributed by atoms with Gasteiger partial charge in [0.05, 0.1) is 0 Å². The van der Waals surface area contributed by atoms with Crippen molar-refractivity contribution in [2.75, 3.05) is 11.4 Å². The summed E-state index contributed by atoms with van der Waals surface area (Å²) < 4.78 is 0. The lowest BCUT2D eigenvalue weighted by atomic mass is 10.1. The fraction of sp³-hybridized carbons (Fsp3) is 0.357. The number of ketones is 1. The number of hydrogen-bond donors (Lipinski definition) is 0. The van der Waals surface area contributed by atoms with Crippen LogP contribution < -0.4 is 4.90 Å². The van der Waals surface area contributed by atoms with Gasteiger partial charge in [0.1, 0.15) is 0 Å². The predicted molar refractivity (Wildman–Crippen MR) is 66.5 cm³/mol. The molecule has 2 nitrogen and oxygen atoms in total. The highest BCUT2D eigenvalue weighted by molar-refractivity contribution is 5.93. The monoisotopic (exact) mass is 215 g/mol. The lowest BCUT2D eigenvalue weighted by Crippen LogP contribution is -2.21. The van der Waals surface area contributed by atoms with Gasteiger partial charge in [0.25, 0.3) is 0 Å². The molecule has 2 rings (SSSR count). The third-order valence-corrected chi connectivity index (χ3v) is 3.02. The molecule has 0 bridgehead atoms. The van der Waals surface area contributed by atoms with Crippen LogP contribution in [0.3, 0.4) is 0 Å². The van der Waals surface area contributed by atoms with Crippen LogP contribution in [0.1, 0.15) is 25.3 Å². The zero-order valence-electron chi connectivity index (χ0n) is 9.86. The molecule has 0 amide bonds. The molecule has 0 spiro atoms. The molecule has 1 aliphatic carbocycles. The molecule has 0 heterocycles. The minimum absolute atomic E-state index is 0.252. The van der Waals surface area contributed by atoms with E-state index >= 15 is 0 Å². The molecule has 16 heavy (non-hydrogen) atoms. The molecule has 0 atom stereocenters. The van der Waals surface area contributed by atoms with Gasteiger partial charge in [-0.15, -0.1) is 0 Å². The molecule has 0 saturated carbocycles. The van der Waals surface area contributed by atoms with Gasteiger partial charge in [0.15, 0.2) is 5.78 Å². The van der Waals surface area contributed by atoms with Crippen LogP contribution in [0.25, 0.3) is 0 Å². The summed E-state index contributed by atoms with van der Waals surface area (Å²) in [5, 5.41) is 0. The minimum Gasteiger partial charge on any atom is -0.345 e. The van der Waals surface area contributed by atoms with Crippen molar-refractivity contribution in [2.45, 2.75) is 26.7 Å². The summed E-state index contributed by atoms with van der Waals surface area (Å²) in [7, 11) is 0. The Morgan fingerprint density at radius 3 is 2.56 bits per heavy atom. The van der Waals surface area contributed by atoms with Crippen molar-refractivity contribution in [1.29, 1.82) is 0 Å². The summed E-state index contributed by atoms with van der Waals surface area (Å²) in [6.07, 6.45) is 3.33. The Morgan fingerprint density at radius 1 is 1.25 bits per heavy atom. The summed E-state index contributed by atoms with van der Waals surface area (Å²) in [5.41, 5.74) is 3.62. The smallest absolute Gasteiger partial charge is 0.157 e. The average Bonchev–Trinajstić information content (AvgIpc) is 2.69. The Morgan fingerprint density at radius 2 is 2.00 bits per heavy atom. The number of anilines is 1. The van der Waals surface area contributed by atoms with Crippen LogP contribution in [0.15, 0.2) is 36.0 Å². The number of allylic oxidation sites excluding steroid dienone is 2. The fourth-order valence-corrected chi connectivity index (χ4v) is 2.19. The number of hydrogen-bond acceptors (Lipinski definition) is 2. The van der Waals surface area contributed by atoms with Gasteiger partial charge in [-0.2, -0.15) is 0 Å². The quantitative estimate of drug-likeness (QED) is 0.772. The minimum atomic E-state index is 0.252. The number of carbonyl (C=O) groups is 1. The standard InChI is InChI=1S/C14H17NO/c1-3-15(12-8-9-13(16)10-12)14-7-5-4-6-11(14)2/h4-7,10H,3,8-9H2,1-2H3. The number of nitrogens with zero attached hydrogens (tertiary/aromatic N) is 1. The Balaban J connectivity index is 2.33. The van der Waals surface area contributed by atoms with Crippen LogP contribution in [0.2, 0.25) is 0 Å². The third-order valence-electron chi connectivity index (χ3n) is 3.02. The van der Waals surface area contributed by atoms with Gasteiger partial charge in [-0.05, 0) is 31.9 Å². The van der Waals surface area contributed by atoms with Gasteiger partial charge < -0.3 is 4.90 Å². The molecule has 0 unspecified atom stereocenters. The predicted octanol–water partition coefficient (Wildman–Crippen LogP) is 3.07. The SMILES string of the molecule is CCN(C1=CC(=O)CC1)c1ccccc1C. The van der Waals surface area contributed by atoms with E-state index in [2.05, 4.69) is 30.9 Å². The lowest BCUT2D eigenvalue weighted by Gasteiger charge is -2.25. The van der Waals surface area contributed by atoms with E-state index in [1.807, 2.05) is 12.1 Å². The first-order valence-electron chi connectivity index (χ1n) is 5.79. The molecule has 1 aromatic rings. The zero-order chi connectivity index (χ0) is 11.5. The van der Waals surface area contributed by atoms with Crippen molar-refractivity contribution in [2.24, 2.45) is 0 Å². The Bertz CT molecular complexity index is 434. The van der Waals surface area contributed by atoms with Crippen molar-refractivity contribution in [3.05, 3.63) is 41.6 Å². The molecule has 0 fully saturated rings. The highest BCUT2D eigenvalue weighted by atomic mass is 16.1. The highest BCUT2D eigenvalue weighted by Crippen LogP contribution is 2.27. The summed E-state index contributed by atoms with van der Waals surface area (Å²) in [5.74, 6) is 0.252. The van der Waals surface area contributed by atoms with Crippen LogP contribution in [0.5, 0.6) is 0 Å². The summed E-state index contributed by atoms with van der Waals surface area (Å²) in [6, 6.07) is 8.31. The van der Waals surface area contributed by atoms with Gasteiger partial charge in [-0.3, -0.25) is 4.79 Å². The lowest BCUT2D eigenvalue weighted by molar-refractivity contribution is -0.114. The number of benzene rings is 1. The van der Waals surface area contributed by atoms with Crippen LogP contribution in [0.4, 0.5) is 5.69 Å². The van der Waals surface area contributed by atoms with Crippen molar-refractivity contribution in [1.82, 2.24) is 0 Å². The summed E-state index contributed by atoms with van der Waals surface area (Å²) >= 11 is 0. The molecule has 0 aliphatic heterocycles. The first kappa shape index (κ1) is 10.9. The maximum Gasteiger partial charge on any atom is 0.157 e. The van der Waals surface area contributed by atoms with E-state index in [1.54, 1.807) is 6.08 Å². The summed E-state index contributed by atoms with van der Waals surface area (Å²) in [4.78, 5) is 13.5. The fourth-order valence-electron chi connectivity index (χ4n) is 2.19. The highest BCUT2D eigenvalue weighted by Gasteiger charge is 2.18. The molecule has 0 radical (unpaired) electrons. The van der Waals surface area contributed by atoms with Gasteiger partial charge >= 0.3 is 0 Å². The molecule has 84 valence electrons. The first-order chi connectivity index (χ1) is 7.72. The number of para-hydroxylation sites is 1. The number of aryl methyl sites for hydroxylation is 1. The number of carbonyl (C=O) groups excluding carboxylic acids is 1. The Labute approximate surface area is 96.6 Å². The Kier molecular flexibility index (Phi) is 3.09. The van der Waals surface area contributed by atoms with E-state index < -0.39 is 0 Å². The second-order valence-electron chi connectivity index (χ2n) is 4.13. The van der Waals surface area contributed by atoms with E-state index in [0.29, 0.717) is 6.42 Å². The molecular formula is C14H17NO. The molecule has 0 N–H and O–H groups in total. The average molecular weight is 215 g/mol. The van der Waals surface area contributed by atoms with E-state index in [0.717, 1.165) is 18.7 Å². The van der Waals surface area contributed by atoms with Crippen molar-refractivity contribution >= 4 is 11.5 Å². The molecule has 2 heteroatoms. The van der Waals surface area contributed by atoms with Gasteiger partial charge in [-0.25, -0.2) is 0 Å². The van der Waals surface area contributed by atoms with Crippen molar-refractivity contribution in [3.63, 3.8) is 0 Å². The van der Waals surface area contributed by atoms with E-state index in [4.69, 9.17) is 0 Å². The van der Waals surface area contributed by atoms with Crippen molar-refractivity contribution in [3.8, 4) is 0 Å². The van der Waals surface area contributed by atoms with E-state index in [9.17, 15) is 4.79 Å². The third kappa shape index (κ3) is 2.01. The largest absolute Gasteiger partial charge is 0.345 e. The van der Waals surface area contributed by atoms with E-state index in [-0.39, 0.29) is 5.78 Å². The Hall–Kier alpha value is -1.57. The first-order valence-corrected chi connectivity index (χ1v) is 5.79. The topological polar surface area (TPSA) is 20.3 Å². The van der Waals surface area contributed by atoms with Crippen LogP contribution in [-0.2, 0) is 4.79 Å². The molecule has 1 aromatic carbocycles. The molecule has 0 saturated heterocycles. The van der Waals surface area contributed by atoms with Crippen LogP contribution >= 0.6 is 0 Å². The summed E-state index contributed by atoms with van der Waals surface area (Å²) in [6.45, 7) is 5.13. The van der Waals surface area contributed by atoms with Crippen molar-refractivity contribution < 1.29 is 4.79 Å². The van der Waals surface area contributed by atoms with Gasteiger partial charge in [0.2, 0.25) is 0 Å². The van der Waals surface area contributed by atoms with E-state index in [1.165, 1.54) is 11.3 Å². The molecule has 1 aliphatic rings. The second-order valence-corrected chi connectivity index (χ2v) is 4.13. The number of rotatable bonds is 3. The molecular weight excluding hydrogens is 198 g/mol. The maximum absolute atomic E-state index is 11.3. The second kappa shape index (κ2) is 4.52. The normalized spacial score (nSPS) is 15.1. The van der Waals surface area contributed by atoms with Crippen LogP contribution in [0, 0.1) is 6.92 Å². The van der Waals surface area contributed by atoms with Crippen LogP contribution in [-0.4, -0.2) is 12.3 Å². The van der Waals surface area contributed by atoms with Gasteiger partial charge in [0, 0.05) is 30.4 Å². The zero-order valence-corrected chi connectivity index (χ0v) is 9.86.